The minimum Gasteiger partial charge on any atom is -0.493 e. The quantitative estimate of drug-likeness (QED) is 0.285. The lowest BCUT2D eigenvalue weighted by molar-refractivity contribution is 0.297. The fourth-order valence-electron chi connectivity index (χ4n) is 4.11. The first-order valence-electron chi connectivity index (χ1n) is 11.3. The summed E-state index contributed by atoms with van der Waals surface area (Å²) in [5, 5.41) is 0. The van der Waals surface area contributed by atoms with E-state index in [-0.39, 0.29) is 0 Å². The maximum atomic E-state index is 6.23. The van der Waals surface area contributed by atoms with Crippen molar-refractivity contribution < 1.29 is 4.74 Å². The number of aromatic nitrogens is 2. The molecule has 0 saturated heterocycles. The Hall–Kier alpha value is -3.07. The summed E-state index contributed by atoms with van der Waals surface area (Å²) in [5.74, 6) is 2.64. The van der Waals surface area contributed by atoms with Crippen LogP contribution in [-0.2, 0) is 19.4 Å². The molecule has 0 aliphatic rings. The summed E-state index contributed by atoms with van der Waals surface area (Å²) in [6, 6.07) is 25.6. The number of benzene rings is 3. The molecular formula is C28H32N2O. The van der Waals surface area contributed by atoms with Gasteiger partial charge < -0.3 is 9.30 Å². The van der Waals surface area contributed by atoms with Crippen LogP contribution in [0.25, 0.3) is 11.0 Å². The molecular weight excluding hydrogens is 380 g/mol. The zero-order chi connectivity index (χ0) is 21.6. The van der Waals surface area contributed by atoms with Crippen molar-refractivity contribution in [3.63, 3.8) is 0 Å². The Morgan fingerprint density at radius 1 is 0.903 bits per heavy atom. The molecule has 1 heterocycles. The van der Waals surface area contributed by atoms with Crippen molar-refractivity contribution in [3.05, 3.63) is 95.3 Å². The van der Waals surface area contributed by atoms with Gasteiger partial charge in [-0.05, 0) is 60.6 Å². The molecule has 0 N–H and O–H groups in total. The van der Waals surface area contributed by atoms with Gasteiger partial charge in [-0.1, -0.05) is 68.4 Å². The molecule has 3 nitrogen and oxygen atoms in total. The van der Waals surface area contributed by atoms with E-state index in [1.165, 1.54) is 22.2 Å². The number of hydrogen-bond donors (Lipinski definition) is 0. The summed E-state index contributed by atoms with van der Waals surface area (Å²) in [6.45, 7) is 8.16. The Labute approximate surface area is 185 Å². The molecule has 0 atom stereocenters. The van der Waals surface area contributed by atoms with Crippen LogP contribution in [0.2, 0.25) is 0 Å². The van der Waals surface area contributed by atoms with Crippen molar-refractivity contribution in [2.24, 2.45) is 0 Å². The topological polar surface area (TPSA) is 27.1 Å². The lowest BCUT2D eigenvalue weighted by Crippen LogP contribution is -2.09. The van der Waals surface area contributed by atoms with Gasteiger partial charge in [-0.15, -0.1) is 0 Å². The zero-order valence-electron chi connectivity index (χ0n) is 18.8. The van der Waals surface area contributed by atoms with Crippen molar-refractivity contribution in [2.45, 2.75) is 52.5 Å². The van der Waals surface area contributed by atoms with E-state index in [0.29, 0.717) is 12.5 Å². The van der Waals surface area contributed by atoms with Gasteiger partial charge in [0, 0.05) is 13.0 Å². The van der Waals surface area contributed by atoms with Crippen LogP contribution in [0.15, 0.2) is 72.8 Å². The van der Waals surface area contributed by atoms with Crippen molar-refractivity contribution in [3.8, 4) is 5.75 Å². The molecule has 3 aromatic carbocycles. The van der Waals surface area contributed by atoms with Crippen LogP contribution in [0.4, 0.5) is 0 Å². The number of para-hydroxylation sites is 2. The number of fused-ring (bicyclic) bond motifs is 1. The summed E-state index contributed by atoms with van der Waals surface area (Å²) in [7, 11) is 0. The lowest BCUT2D eigenvalue weighted by atomic mass is 10.0. The predicted octanol–water partition coefficient (Wildman–Crippen LogP) is 6.72. The molecule has 0 bridgehead atoms. The van der Waals surface area contributed by atoms with Crippen LogP contribution >= 0.6 is 0 Å². The highest BCUT2D eigenvalue weighted by molar-refractivity contribution is 5.75. The molecule has 0 aliphatic heterocycles. The minimum atomic E-state index is 0.456. The second-order valence-corrected chi connectivity index (χ2v) is 8.55. The number of rotatable bonds is 9. The van der Waals surface area contributed by atoms with Crippen LogP contribution in [0.3, 0.4) is 0 Å². The number of imidazole rings is 1. The van der Waals surface area contributed by atoms with Gasteiger partial charge in [0.1, 0.15) is 11.6 Å². The van der Waals surface area contributed by atoms with E-state index in [0.717, 1.165) is 42.9 Å². The summed E-state index contributed by atoms with van der Waals surface area (Å²) >= 11 is 0. The van der Waals surface area contributed by atoms with Crippen LogP contribution in [-0.4, -0.2) is 16.2 Å². The largest absolute Gasteiger partial charge is 0.493 e. The number of aryl methyl sites for hydroxylation is 4. The Kier molecular flexibility index (Phi) is 6.71. The minimum absolute atomic E-state index is 0.456. The summed E-state index contributed by atoms with van der Waals surface area (Å²) < 4.78 is 8.60. The van der Waals surface area contributed by atoms with Crippen molar-refractivity contribution >= 4 is 11.0 Å². The Morgan fingerprint density at radius 3 is 2.48 bits per heavy atom. The van der Waals surface area contributed by atoms with Gasteiger partial charge in [0.15, 0.2) is 0 Å². The molecule has 0 amide bonds. The van der Waals surface area contributed by atoms with E-state index in [4.69, 9.17) is 9.72 Å². The molecule has 4 aromatic rings. The van der Waals surface area contributed by atoms with E-state index < -0.39 is 0 Å². The molecule has 0 fully saturated rings. The summed E-state index contributed by atoms with van der Waals surface area (Å²) in [6.07, 6.45) is 2.89. The van der Waals surface area contributed by atoms with Gasteiger partial charge in [-0.25, -0.2) is 4.98 Å². The lowest BCUT2D eigenvalue weighted by Gasteiger charge is -2.15. The summed E-state index contributed by atoms with van der Waals surface area (Å²) in [5.41, 5.74) is 6.16. The zero-order valence-corrected chi connectivity index (χ0v) is 18.8. The Balaban J connectivity index is 1.45. The summed E-state index contributed by atoms with van der Waals surface area (Å²) in [4.78, 5) is 4.94. The molecule has 1 aromatic heterocycles. The van der Waals surface area contributed by atoms with E-state index in [9.17, 15) is 0 Å². The maximum absolute atomic E-state index is 6.23. The standard InChI is InChI=1S/C28H32N2O/c1-21(2)24-16-14-22(3)20-27(24)31-19-9-18-30-26-13-8-7-12-25(26)29-28(30)17-15-23-10-5-4-6-11-23/h4-8,10-14,16,20-21H,9,15,17-19H2,1-3H3. The smallest absolute Gasteiger partial charge is 0.123 e. The van der Waals surface area contributed by atoms with Crippen LogP contribution in [0.1, 0.15) is 48.7 Å². The second kappa shape index (κ2) is 9.82. The molecule has 0 saturated carbocycles. The predicted molar refractivity (Wildman–Crippen MR) is 129 cm³/mol. The van der Waals surface area contributed by atoms with Crippen LogP contribution < -0.4 is 4.74 Å². The monoisotopic (exact) mass is 412 g/mol. The fourth-order valence-corrected chi connectivity index (χ4v) is 4.11. The molecule has 31 heavy (non-hydrogen) atoms. The maximum Gasteiger partial charge on any atom is 0.123 e. The number of hydrogen-bond acceptors (Lipinski definition) is 2. The first-order chi connectivity index (χ1) is 15.1. The molecule has 0 unspecified atom stereocenters. The molecule has 0 spiro atoms. The van der Waals surface area contributed by atoms with Crippen molar-refractivity contribution in [1.29, 1.82) is 0 Å². The molecule has 3 heteroatoms. The molecule has 0 radical (unpaired) electrons. The van der Waals surface area contributed by atoms with Crippen LogP contribution in [0.5, 0.6) is 5.75 Å². The first-order valence-corrected chi connectivity index (χ1v) is 11.3. The van der Waals surface area contributed by atoms with Gasteiger partial charge in [0.2, 0.25) is 0 Å². The highest BCUT2D eigenvalue weighted by atomic mass is 16.5. The number of ether oxygens (including phenoxy) is 1. The third kappa shape index (κ3) is 5.16. The first kappa shape index (κ1) is 21.2. The van der Waals surface area contributed by atoms with E-state index in [2.05, 4.69) is 98.1 Å². The third-order valence-electron chi connectivity index (χ3n) is 5.79. The molecule has 4 rings (SSSR count). The highest BCUT2D eigenvalue weighted by Crippen LogP contribution is 2.27. The Bertz CT molecular complexity index is 1130. The van der Waals surface area contributed by atoms with Crippen molar-refractivity contribution in [1.82, 2.24) is 9.55 Å². The van der Waals surface area contributed by atoms with Gasteiger partial charge in [0.25, 0.3) is 0 Å². The second-order valence-electron chi connectivity index (χ2n) is 8.55. The normalized spacial score (nSPS) is 11.4. The van der Waals surface area contributed by atoms with Gasteiger partial charge >= 0.3 is 0 Å². The third-order valence-corrected chi connectivity index (χ3v) is 5.79. The van der Waals surface area contributed by atoms with E-state index >= 15 is 0 Å². The molecule has 160 valence electrons. The average Bonchev–Trinajstić information content (AvgIpc) is 3.13. The van der Waals surface area contributed by atoms with E-state index in [1.807, 2.05) is 0 Å². The van der Waals surface area contributed by atoms with Crippen LogP contribution in [0, 0.1) is 6.92 Å². The van der Waals surface area contributed by atoms with E-state index in [1.54, 1.807) is 0 Å². The highest BCUT2D eigenvalue weighted by Gasteiger charge is 2.12. The fraction of sp³-hybridized carbons (Fsp3) is 0.321. The average molecular weight is 413 g/mol. The number of nitrogens with zero attached hydrogens (tertiary/aromatic N) is 2. The Morgan fingerprint density at radius 2 is 1.68 bits per heavy atom. The molecule has 0 aliphatic carbocycles. The SMILES string of the molecule is Cc1ccc(C(C)C)c(OCCCn2c(CCc3ccccc3)nc3ccccc32)c1. The van der Waals surface area contributed by atoms with Gasteiger partial charge in [-0.2, -0.15) is 0 Å². The van der Waals surface area contributed by atoms with Crippen molar-refractivity contribution in [2.75, 3.05) is 6.61 Å². The van der Waals surface area contributed by atoms with Gasteiger partial charge in [0.05, 0.1) is 17.6 Å². The van der Waals surface area contributed by atoms with Gasteiger partial charge in [-0.3, -0.25) is 0 Å².